The molecule has 2 aliphatic heterocycles. The predicted octanol–water partition coefficient (Wildman–Crippen LogP) is 0.889. The molecule has 0 aromatic carbocycles. The molecule has 2 aliphatic rings. The number of likely N-dealkylation sites (N-methyl/N-ethyl adjacent to an activating group) is 1. The maximum Gasteiger partial charge on any atom is 0.336 e. The average molecular weight is 482 g/mol. The molecule has 1 unspecified atom stereocenters. The van der Waals surface area contributed by atoms with Crippen LogP contribution in [0, 0.1) is 16.7 Å². The Labute approximate surface area is 203 Å². The Balaban J connectivity index is 1.55. The maximum atomic E-state index is 13.3. The summed E-state index contributed by atoms with van der Waals surface area (Å²) in [6.45, 7) is 8.86. The molecular formula is C23H31N9O3. The number of urea groups is 1. The minimum atomic E-state index is -0.945. The van der Waals surface area contributed by atoms with Gasteiger partial charge >= 0.3 is 6.03 Å². The number of aromatic nitrogens is 3. The van der Waals surface area contributed by atoms with E-state index in [1.807, 2.05) is 20.8 Å². The van der Waals surface area contributed by atoms with Crippen molar-refractivity contribution in [3.8, 4) is 6.07 Å². The lowest BCUT2D eigenvalue weighted by Gasteiger charge is -2.49. The van der Waals surface area contributed by atoms with Gasteiger partial charge in [-0.05, 0) is 25.2 Å². The monoisotopic (exact) mass is 481 g/mol. The van der Waals surface area contributed by atoms with Gasteiger partial charge in [-0.1, -0.05) is 20.8 Å². The number of amides is 4. The summed E-state index contributed by atoms with van der Waals surface area (Å²) in [6.07, 6.45) is 2.28. The van der Waals surface area contributed by atoms with Crippen molar-refractivity contribution < 1.29 is 14.4 Å². The highest BCUT2D eigenvalue weighted by Gasteiger charge is 2.51. The van der Waals surface area contributed by atoms with Crippen molar-refractivity contribution in [3.05, 3.63) is 24.0 Å². The molecule has 186 valence electrons. The van der Waals surface area contributed by atoms with Crippen LogP contribution in [-0.4, -0.2) is 80.5 Å². The number of piperidine rings is 1. The number of piperazine rings is 1. The lowest BCUT2D eigenvalue weighted by Crippen LogP contribution is -2.71. The van der Waals surface area contributed by atoms with Crippen molar-refractivity contribution in [3.63, 3.8) is 0 Å². The van der Waals surface area contributed by atoms with Crippen LogP contribution < -0.4 is 15.8 Å². The van der Waals surface area contributed by atoms with E-state index in [0.717, 1.165) is 0 Å². The minimum Gasteiger partial charge on any atom is -0.343 e. The molecule has 12 heteroatoms. The molecule has 4 heterocycles. The lowest BCUT2D eigenvalue weighted by atomic mass is 9.82. The van der Waals surface area contributed by atoms with Crippen molar-refractivity contribution in [1.82, 2.24) is 35.1 Å². The normalized spacial score (nSPS) is 20.1. The first kappa shape index (κ1) is 24.3. The van der Waals surface area contributed by atoms with E-state index in [0.29, 0.717) is 43.9 Å². The molecule has 12 nitrogen and oxygen atoms in total. The van der Waals surface area contributed by atoms with Gasteiger partial charge in [-0.15, -0.1) is 0 Å². The van der Waals surface area contributed by atoms with E-state index in [-0.39, 0.29) is 29.0 Å². The number of anilines is 1. The molecule has 2 saturated heterocycles. The highest BCUT2D eigenvalue weighted by Crippen LogP contribution is 2.32. The van der Waals surface area contributed by atoms with Gasteiger partial charge in [-0.3, -0.25) is 14.6 Å². The number of carbonyl (C=O) groups excluding carboxylic acids is 3. The highest BCUT2D eigenvalue weighted by atomic mass is 16.2. The Kier molecular flexibility index (Phi) is 6.04. The first-order valence-corrected chi connectivity index (χ1v) is 11.6. The van der Waals surface area contributed by atoms with Gasteiger partial charge in [0.2, 0.25) is 11.8 Å². The molecule has 0 aliphatic carbocycles. The van der Waals surface area contributed by atoms with Gasteiger partial charge in [-0.25, -0.2) is 15.2 Å². The molecular weight excluding hydrogens is 450 g/mol. The van der Waals surface area contributed by atoms with E-state index in [1.54, 1.807) is 46.7 Å². The molecule has 1 spiro atoms. The van der Waals surface area contributed by atoms with Gasteiger partial charge in [0.05, 0.1) is 6.20 Å². The second-order valence-electron chi connectivity index (χ2n) is 10.4. The van der Waals surface area contributed by atoms with Crippen LogP contribution in [0.15, 0.2) is 18.3 Å². The molecule has 1 atom stereocenters. The number of hydrogen-bond donors (Lipinski definition) is 2. The summed E-state index contributed by atoms with van der Waals surface area (Å²) >= 11 is 0. The zero-order chi connectivity index (χ0) is 25.5. The predicted molar refractivity (Wildman–Crippen MR) is 127 cm³/mol. The molecule has 0 saturated carbocycles. The van der Waals surface area contributed by atoms with Crippen LogP contribution in [0.25, 0.3) is 5.65 Å². The van der Waals surface area contributed by atoms with E-state index in [1.165, 1.54) is 4.90 Å². The minimum absolute atomic E-state index is 0.131. The van der Waals surface area contributed by atoms with Crippen LogP contribution >= 0.6 is 0 Å². The van der Waals surface area contributed by atoms with Gasteiger partial charge in [0.25, 0.3) is 0 Å². The standard InChI is InChI=1S/C23H31N9O3/c1-15-19(33)29(5)23(20(34)26-15)7-10-30(11-8-23)21(35)28-31(14-22(2,3)4)18-12-16(13-24)27-17-6-9-25-32(17)18/h6,9,12,15H,7-8,10-11,14H2,1-5H3,(H,26,34)(H,28,35). The Morgan fingerprint density at radius 2 is 2.03 bits per heavy atom. The molecule has 2 aromatic rings. The third-order valence-corrected chi connectivity index (χ3v) is 6.59. The summed E-state index contributed by atoms with van der Waals surface area (Å²) in [7, 11) is 1.66. The summed E-state index contributed by atoms with van der Waals surface area (Å²) in [5.74, 6) is 0.204. The smallest absolute Gasteiger partial charge is 0.336 e. The van der Waals surface area contributed by atoms with Crippen molar-refractivity contribution in [2.45, 2.75) is 52.1 Å². The summed E-state index contributed by atoms with van der Waals surface area (Å²) in [6, 6.07) is 4.45. The quantitative estimate of drug-likeness (QED) is 0.621. The fourth-order valence-electron chi connectivity index (χ4n) is 4.67. The third kappa shape index (κ3) is 4.45. The zero-order valence-electron chi connectivity index (χ0n) is 20.7. The van der Waals surface area contributed by atoms with Gasteiger partial charge in [0.15, 0.2) is 11.5 Å². The Morgan fingerprint density at radius 3 is 2.66 bits per heavy atom. The second-order valence-corrected chi connectivity index (χ2v) is 10.4. The second kappa shape index (κ2) is 8.72. The van der Waals surface area contributed by atoms with Gasteiger partial charge < -0.3 is 15.1 Å². The molecule has 2 N–H and O–H groups in total. The molecule has 4 amide bonds. The first-order chi connectivity index (χ1) is 16.4. The maximum absolute atomic E-state index is 13.3. The molecule has 0 bridgehead atoms. The third-order valence-electron chi connectivity index (χ3n) is 6.59. The number of hydrogen-bond acceptors (Lipinski definition) is 7. The largest absolute Gasteiger partial charge is 0.343 e. The van der Waals surface area contributed by atoms with E-state index >= 15 is 0 Å². The van der Waals surface area contributed by atoms with Gasteiger partial charge in [0, 0.05) is 38.8 Å². The molecule has 2 aromatic heterocycles. The van der Waals surface area contributed by atoms with Crippen LogP contribution in [0.5, 0.6) is 0 Å². The summed E-state index contributed by atoms with van der Waals surface area (Å²) in [4.78, 5) is 46.1. The fraction of sp³-hybridized carbons (Fsp3) is 0.565. The topological polar surface area (TPSA) is 139 Å². The SMILES string of the molecule is CC1NC(=O)C2(CCN(C(=O)NN(CC(C)(C)C)c3cc(C#N)nc4ccnn34)CC2)N(C)C1=O. The molecule has 35 heavy (non-hydrogen) atoms. The number of likely N-dealkylation sites (tertiary alicyclic amines) is 1. The number of nitriles is 1. The van der Waals surface area contributed by atoms with E-state index in [2.05, 4.69) is 26.9 Å². The van der Waals surface area contributed by atoms with Crippen molar-refractivity contribution in [2.24, 2.45) is 5.41 Å². The number of nitrogens with one attached hydrogen (secondary N) is 2. The lowest BCUT2D eigenvalue weighted by molar-refractivity contribution is -0.157. The summed E-state index contributed by atoms with van der Waals surface area (Å²) in [5.41, 5.74) is 2.53. The Bertz CT molecular complexity index is 1200. The van der Waals surface area contributed by atoms with Crippen LogP contribution in [0.4, 0.5) is 10.6 Å². The van der Waals surface area contributed by atoms with E-state index in [9.17, 15) is 19.6 Å². The number of nitrogens with zero attached hydrogens (tertiary/aromatic N) is 7. The Hall–Kier alpha value is -3.88. The van der Waals surface area contributed by atoms with Crippen LogP contribution in [0.3, 0.4) is 0 Å². The number of fused-ring (bicyclic) bond motifs is 1. The van der Waals surface area contributed by atoms with Gasteiger partial charge in [0.1, 0.15) is 23.3 Å². The zero-order valence-corrected chi connectivity index (χ0v) is 20.7. The Morgan fingerprint density at radius 1 is 1.34 bits per heavy atom. The molecule has 4 rings (SSSR count). The summed E-state index contributed by atoms with van der Waals surface area (Å²) in [5, 5.41) is 18.2. The van der Waals surface area contributed by atoms with Crippen LogP contribution in [0.1, 0.15) is 46.2 Å². The van der Waals surface area contributed by atoms with Crippen LogP contribution in [0.2, 0.25) is 0 Å². The van der Waals surface area contributed by atoms with Crippen molar-refractivity contribution >= 4 is 29.3 Å². The number of rotatable bonds is 3. The van der Waals surface area contributed by atoms with Crippen molar-refractivity contribution in [2.75, 3.05) is 31.7 Å². The number of hydrazine groups is 1. The highest BCUT2D eigenvalue weighted by molar-refractivity contribution is 5.99. The summed E-state index contributed by atoms with van der Waals surface area (Å²) < 4.78 is 1.58. The van der Waals surface area contributed by atoms with E-state index < -0.39 is 11.6 Å². The van der Waals surface area contributed by atoms with Gasteiger partial charge in [-0.2, -0.15) is 14.9 Å². The fourth-order valence-corrected chi connectivity index (χ4v) is 4.67. The van der Waals surface area contributed by atoms with Crippen molar-refractivity contribution in [1.29, 1.82) is 5.26 Å². The number of carbonyl (C=O) groups is 3. The average Bonchev–Trinajstić information content (AvgIpc) is 3.28. The first-order valence-electron chi connectivity index (χ1n) is 11.6. The van der Waals surface area contributed by atoms with E-state index in [4.69, 9.17) is 0 Å². The molecule has 2 fully saturated rings. The molecule has 0 radical (unpaired) electrons. The van der Waals surface area contributed by atoms with Crippen LogP contribution in [-0.2, 0) is 9.59 Å².